The fraction of sp³-hybridized carbons (Fsp3) is 0.824. The normalized spacial score (nSPS) is 24.4. The molecule has 1 aromatic rings. The Morgan fingerprint density at radius 3 is 2.67 bits per heavy atom. The molecular formula is C17H32N4. The van der Waals surface area contributed by atoms with Gasteiger partial charge in [0.1, 0.15) is 0 Å². The van der Waals surface area contributed by atoms with Crippen LogP contribution in [-0.2, 0) is 13.1 Å². The van der Waals surface area contributed by atoms with Crippen molar-refractivity contribution < 1.29 is 0 Å². The van der Waals surface area contributed by atoms with Crippen LogP contribution in [-0.4, -0.2) is 39.9 Å². The van der Waals surface area contributed by atoms with Crippen molar-refractivity contribution in [2.24, 2.45) is 5.41 Å². The number of nitrogens with one attached hydrogen (secondary N) is 1. The molecule has 0 spiro atoms. The summed E-state index contributed by atoms with van der Waals surface area (Å²) in [7, 11) is 0. The van der Waals surface area contributed by atoms with E-state index >= 15 is 0 Å². The molecule has 0 amide bonds. The average molecular weight is 292 g/mol. The SMILES string of the molecule is CCCC1CN(Cc2cnn(CC)c2)C(C(C)(C)C)CN1. The lowest BCUT2D eigenvalue weighted by Gasteiger charge is -2.46. The second-order valence-electron chi connectivity index (χ2n) is 7.41. The maximum Gasteiger partial charge on any atom is 0.0534 e. The van der Waals surface area contributed by atoms with Gasteiger partial charge in [0, 0.05) is 50.0 Å². The molecule has 2 unspecified atom stereocenters. The minimum atomic E-state index is 0.297. The van der Waals surface area contributed by atoms with Crippen molar-refractivity contribution in [1.82, 2.24) is 20.0 Å². The van der Waals surface area contributed by atoms with E-state index in [0.717, 1.165) is 26.2 Å². The highest BCUT2D eigenvalue weighted by molar-refractivity contribution is 5.06. The molecule has 1 fully saturated rings. The summed E-state index contributed by atoms with van der Waals surface area (Å²) in [5, 5.41) is 8.16. The highest BCUT2D eigenvalue weighted by Gasteiger charge is 2.35. The van der Waals surface area contributed by atoms with Gasteiger partial charge in [0.2, 0.25) is 0 Å². The lowest BCUT2D eigenvalue weighted by molar-refractivity contribution is 0.0474. The third-order valence-corrected chi connectivity index (χ3v) is 4.53. The molecule has 1 N–H and O–H groups in total. The highest BCUT2D eigenvalue weighted by atomic mass is 15.3. The predicted octanol–water partition coefficient (Wildman–Crippen LogP) is 2.89. The Hall–Kier alpha value is -0.870. The zero-order valence-electron chi connectivity index (χ0n) is 14.4. The summed E-state index contributed by atoms with van der Waals surface area (Å²) in [6.45, 7) is 15.7. The zero-order valence-corrected chi connectivity index (χ0v) is 14.4. The molecule has 2 heterocycles. The van der Waals surface area contributed by atoms with Gasteiger partial charge in [0.25, 0.3) is 0 Å². The number of hydrogen-bond acceptors (Lipinski definition) is 3. The minimum Gasteiger partial charge on any atom is -0.311 e. The predicted molar refractivity (Wildman–Crippen MR) is 88.3 cm³/mol. The van der Waals surface area contributed by atoms with Crippen LogP contribution in [0.3, 0.4) is 0 Å². The van der Waals surface area contributed by atoms with Crippen molar-refractivity contribution in [3.63, 3.8) is 0 Å². The molecule has 0 aliphatic carbocycles. The largest absolute Gasteiger partial charge is 0.311 e. The van der Waals surface area contributed by atoms with Crippen LogP contribution >= 0.6 is 0 Å². The van der Waals surface area contributed by atoms with Crippen LogP contribution in [0, 0.1) is 5.41 Å². The minimum absolute atomic E-state index is 0.297. The van der Waals surface area contributed by atoms with Gasteiger partial charge in [0.05, 0.1) is 6.20 Å². The number of rotatable bonds is 5. The molecule has 21 heavy (non-hydrogen) atoms. The summed E-state index contributed by atoms with van der Waals surface area (Å²) in [5.41, 5.74) is 1.63. The van der Waals surface area contributed by atoms with Gasteiger partial charge in [-0.05, 0) is 18.8 Å². The van der Waals surface area contributed by atoms with Gasteiger partial charge in [-0.15, -0.1) is 0 Å². The van der Waals surface area contributed by atoms with Crippen LogP contribution in [0.25, 0.3) is 0 Å². The Balaban J connectivity index is 2.08. The molecular weight excluding hydrogens is 260 g/mol. The maximum absolute atomic E-state index is 4.42. The third-order valence-electron chi connectivity index (χ3n) is 4.53. The van der Waals surface area contributed by atoms with Gasteiger partial charge in [-0.25, -0.2) is 0 Å². The Kier molecular flexibility index (Phi) is 5.44. The Labute approximate surface area is 129 Å². The third kappa shape index (κ3) is 4.30. The second-order valence-corrected chi connectivity index (χ2v) is 7.41. The first-order valence-corrected chi connectivity index (χ1v) is 8.42. The van der Waals surface area contributed by atoms with E-state index in [-0.39, 0.29) is 0 Å². The molecule has 120 valence electrons. The summed E-state index contributed by atoms with van der Waals surface area (Å²) in [6.07, 6.45) is 6.73. The van der Waals surface area contributed by atoms with Crippen molar-refractivity contribution >= 4 is 0 Å². The van der Waals surface area contributed by atoms with Crippen LogP contribution in [0.2, 0.25) is 0 Å². The van der Waals surface area contributed by atoms with E-state index < -0.39 is 0 Å². The van der Waals surface area contributed by atoms with Crippen molar-refractivity contribution in [2.45, 2.75) is 72.6 Å². The van der Waals surface area contributed by atoms with Gasteiger partial charge in [-0.1, -0.05) is 34.1 Å². The number of aryl methyl sites for hydroxylation is 1. The summed E-state index contributed by atoms with van der Waals surface area (Å²) in [5.74, 6) is 0. The molecule has 0 aromatic carbocycles. The first-order valence-electron chi connectivity index (χ1n) is 8.42. The van der Waals surface area contributed by atoms with E-state index in [2.05, 4.69) is 56.1 Å². The molecule has 4 nitrogen and oxygen atoms in total. The highest BCUT2D eigenvalue weighted by Crippen LogP contribution is 2.28. The van der Waals surface area contributed by atoms with Gasteiger partial charge in [-0.2, -0.15) is 5.10 Å². The number of piperazine rings is 1. The average Bonchev–Trinajstić information content (AvgIpc) is 2.86. The molecule has 1 aliphatic rings. The number of nitrogens with zero attached hydrogens (tertiary/aromatic N) is 3. The number of hydrogen-bond donors (Lipinski definition) is 1. The van der Waals surface area contributed by atoms with E-state index in [4.69, 9.17) is 0 Å². The molecule has 0 radical (unpaired) electrons. The van der Waals surface area contributed by atoms with Crippen LogP contribution in [0.4, 0.5) is 0 Å². The molecule has 2 rings (SSSR count). The molecule has 1 saturated heterocycles. The van der Waals surface area contributed by atoms with E-state index in [1.807, 2.05) is 10.9 Å². The van der Waals surface area contributed by atoms with E-state index in [1.54, 1.807) is 0 Å². The van der Waals surface area contributed by atoms with Crippen LogP contribution < -0.4 is 5.32 Å². The molecule has 0 bridgehead atoms. The molecule has 4 heteroatoms. The lowest BCUT2D eigenvalue weighted by Crippen LogP contribution is -2.60. The van der Waals surface area contributed by atoms with Crippen molar-refractivity contribution in [2.75, 3.05) is 13.1 Å². The zero-order chi connectivity index (χ0) is 15.5. The maximum atomic E-state index is 4.42. The first-order chi connectivity index (χ1) is 9.94. The van der Waals surface area contributed by atoms with Crippen LogP contribution in [0.5, 0.6) is 0 Å². The molecule has 2 atom stereocenters. The van der Waals surface area contributed by atoms with Gasteiger partial charge < -0.3 is 5.32 Å². The van der Waals surface area contributed by atoms with Crippen molar-refractivity contribution in [1.29, 1.82) is 0 Å². The van der Waals surface area contributed by atoms with Crippen molar-refractivity contribution in [3.8, 4) is 0 Å². The second kappa shape index (κ2) is 6.93. The summed E-state index contributed by atoms with van der Waals surface area (Å²) in [6, 6.07) is 1.21. The molecule has 1 aromatic heterocycles. The fourth-order valence-corrected chi connectivity index (χ4v) is 3.35. The summed E-state index contributed by atoms with van der Waals surface area (Å²) in [4.78, 5) is 2.66. The summed E-state index contributed by atoms with van der Waals surface area (Å²) >= 11 is 0. The smallest absolute Gasteiger partial charge is 0.0534 e. The standard InChI is InChI=1S/C17H32N4/c1-6-8-15-13-20(16(10-18-15)17(3,4)5)11-14-9-19-21(7-2)12-14/h9,12,15-16,18H,6-8,10-11,13H2,1-5H3. The Morgan fingerprint density at radius 2 is 2.10 bits per heavy atom. The Bertz CT molecular complexity index is 432. The van der Waals surface area contributed by atoms with Gasteiger partial charge in [-0.3, -0.25) is 9.58 Å². The summed E-state index contributed by atoms with van der Waals surface area (Å²) < 4.78 is 2.02. The van der Waals surface area contributed by atoms with E-state index in [9.17, 15) is 0 Å². The van der Waals surface area contributed by atoms with Crippen LogP contribution in [0.15, 0.2) is 12.4 Å². The Morgan fingerprint density at radius 1 is 1.33 bits per heavy atom. The van der Waals surface area contributed by atoms with Gasteiger partial charge in [0.15, 0.2) is 0 Å². The fourth-order valence-electron chi connectivity index (χ4n) is 3.35. The number of aromatic nitrogens is 2. The quantitative estimate of drug-likeness (QED) is 0.906. The lowest BCUT2D eigenvalue weighted by atomic mass is 9.83. The van der Waals surface area contributed by atoms with E-state index in [1.165, 1.54) is 18.4 Å². The van der Waals surface area contributed by atoms with E-state index in [0.29, 0.717) is 17.5 Å². The molecule has 0 saturated carbocycles. The molecule has 1 aliphatic heterocycles. The monoisotopic (exact) mass is 292 g/mol. The first kappa shape index (κ1) is 16.5. The van der Waals surface area contributed by atoms with Crippen LogP contribution in [0.1, 0.15) is 53.0 Å². The van der Waals surface area contributed by atoms with Crippen molar-refractivity contribution in [3.05, 3.63) is 18.0 Å². The topological polar surface area (TPSA) is 33.1 Å². The van der Waals surface area contributed by atoms with Gasteiger partial charge >= 0.3 is 0 Å².